The molecule has 0 aromatic carbocycles. The number of carbonyl (C=O) groups excluding carboxylic acids is 1. The molecule has 1 amide bonds. The molecule has 1 aliphatic rings. The summed E-state index contributed by atoms with van der Waals surface area (Å²) in [6.45, 7) is 4.66. The summed E-state index contributed by atoms with van der Waals surface area (Å²) in [5.41, 5.74) is 1.69. The van der Waals surface area contributed by atoms with Crippen LogP contribution in [-0.4, -0.2) is 24.4 Å². The molecule has 0 bridgehead atoms. The van der Waals surface area contributed by atoms with E-state index < -0.39 is 0 Å². The molecular weight excluding hydrogens is 172 g/mol. The second-order valence-electron chi connectivity index (χ2n) is 2.96. The Morgan fingerprint density at radius 2 is 2.23 bits per heavy atom. The van der Waals surface area contributed by atoms with Crippen LogP contribution in [0.3, 0.4) is 0 Å². The van der Waals surface area contributed by atoms with Gasteiger partial charge in [-0.3, -0.25) is 0 Å². The zero-order valence-electron chi connectivity index (χ0n) is 7.53. The van der Waals surface area contributed by atoms with Crippen molar-refractivity contribution in [3.63, 3.8) is 0 Å². The van der Waals surface area contributed by atoms with Crippen LogP contribution in [0.5, 0.6) is 0 Å². The number of cyclic esters (lactones) is 1. The standard InChI is InChI=1S/C8H10N2O3/c1-5-6(2)9-13-7(5)10-3-4-12-8(10)11/h3-4H2,1-2H3. The van der Waals surface area contributed by atoms with Gasteiger partial charge in [-0.05, 0) is 13.8 Å². The van der Waals surface area contributed by atoms with Gasteiger partial charge in [-0.25, -0.2) is 9.69 Å². The molecule has 1 fully saturated rings. The summed E-state index contributed by atoms with van der Waals surface area (Å²) >= 11 is 0. The molecule has 0 atom stereocenters. The van der Waals surface area contributed by atoms with Crippen LogP contribution < -0.4 is 4.90 Å². The van der Waals surface area contributed by atoms with Crippen molar-refractivity contribution in [2.45, 2.75) is 13.8 Å². The van der Waals surface area contributed by atoms with E-state index >= 15 is 0 Å². The van der Waals surface area contributed by atoms with Crippen LogP contribution in [0.1, 0.15) is 11.3 Å². The van der Waals surface area contributed by atoms with E-state index in [4.69, 9.17) is 9.26 Å². The van der Waals surface area contributed by atoms with Crippen molar-refractivity contribution in [2.75, 3.05) is 18.1 Å². The van der Waals surface area contributed by atoms with Gasteiger partial charge in [-0.1, -0.05) is 5.16 Å². The molecule has 1 saturated heterocycles. The number of anilines is 1. The summed E-state index contributed by atoms with van der Waals surface area (Å²) in [4.78, 5) is 12.6. The second kappa shape index (κ2) is 2.76. The summed E-state index contributed by atoms with van der Waals surface area (Å²) in [5.74, 6) is 0.500. The highest BCUT2D eigenvalue weighted by molar-refractivity contribution is 5.88. The van der Waals surface area contributed by atoms with E-state index in [1.807, 2.05) is 13.8 Å². The third-order valence-electron chi connectivity index (χ3n) is 2.14. The molecule has 0 aliphatic carbocycles. The number of nitrogens with zero attached hydrogens (tertiary/aromatic N) is 2. The van der Waals surface area contributed by atoms with Crippen molar-refractivity contribution in [3.05, 3.63) is 11.3 Å². The lowest BCUT2D eigenvalue weighted by Crippen LogP contribution is -2.23. The van der Waals surface area contributed by atoms with Gasteiger partial charge in [0.05, 0.1) is 12.2 Å². The van der Waals surface area contributed by atoms with Gasteiger partial charge in [0.1, 0.15) is 6.61 Å². The smallest absolute Gasteiger partial charge is 0.416 e. The van der Waals surface area contributed by atoms with E-state index in [9.17, 15) is 4.79 Å². The topological polar surface area (TPSA) is 55.6 Å². The molecule has 2 rings (SSSR count). The van der Waals surface area contributed by atoms with Gasteiger partial charge in [0.15, 0.2) is 0 Å². The summed E-state index contributed by atoms with van der Waals surface area (Å²) < 4.78 is 9.81. The number of hydrogen-bond acceptors (Lipinski definition) is 4. The van der Waals surface area contributed by atoms with Crippen LogP contribution in [0.2, 0.25) is 0 Å². The van der Waals surface area contributed by atoms with Gasteiger partial charge in [0, 0.05) is 5.56 Å². The van der Waals surface area contributed by atoms with Crippen LogP contribution in [0, 0.1) is 13.8 Å². The van der Waals surface area contributed by atoms with Crippen LogP contribution >= 0.6 is 0 Å². The van der Waals surface area contributed by atoms with Crippen molar-refractivity contribution >= 4 is 12.0 Å². The Morgan fingerprint density at radius 3 is 2.69 bits per heavy atom. The van der Waals surface area contributed by atoms with E-state index in [0.29, 0.717) is 19.0 Å². The number of amides is 1. The Morgan fingerprint density at radius 1 is 1.46 bits per heavy atom. The average Bonchev–Trinajstić information content (AvgIpc) is 2.62. The van der Waals surface area contributed by atoms with E-state index in [0.717, 1.165) is 11.3 Å². The minimum Gasteiger partial charge on any atom is -0.447 e. The molecule has 5 nitrogen and oxygen atoms in total. The Kier molecular flexibility index (Phi) is 1.72. The van der Waals surface area contributed by atoms with Gasteiger partial charge in [-0.15, -0.1) is 0 Å². The lowest BCUT2D eigenvalue weighted by atomic mass is 10.3. The van der Waals surface area contributed by atoms with Crippen molar-refractivity contribution in [1.82, 2.24) is 5.16 Å². The molecule has 5 heteroatoms. The maximum Gasteiger partial charge on any atom is 0.416 e. The molecular formula is C8H10N2O3. The third kappa shape index (κ3) is 1.16. The van der Waals surface area contributed by atoms with Crippen LogP contribution in [-0.2, 0) is 4.74 Å². The fourth-order valence-corrected chi connectivity index (χ4v) is 1.23. The van der Waals surface area contributed by atoms with E-state index in [1.165, 1.54) is 4.90 Å². The quantitative estimate of drug-likeness (QED) is 0.655. The molecule has 1 aromatic heterocycles. The van der Waals surface area contributed by atoms with Crippen molar-refractivity contribution < 1.29 is 14.1 Å². The van der Waals surface area contributed by atoms with Gasteiger partial charge in [0.25, 0.3) is 0 Å². The van der Waals surface area contributed by atoms with Gasteiger partial charge in [0.2, 0.25) is 5.88 Å². The SMILES string of the molecule is Cc1noc(N2CCOC2=O)c1C. The zero-order chi connectivity index (χ0) is 9.42. The highest BCUT2D eigenvalue weighted by Gasteiger charge is 2.28. The van der Waals surface area contributed by atoms with Crippen LogP contribution in [0.25, 0.3) is 0 Å². The highest BCUT2D eigenvalue weighted by atomic mass is 16.6. The molecule has 0 saturated carbocycles. The number of aryl methyl sites for hydroxylation is 1. The number of hydrogen-bond donors (Lipinski definition) is 0. The fourth-order valence-electron chi connectivity index (χ4n) is 1.23. The summed E-state index contributed by atoms with van der Waals surface area (Å²) in [7, 11) is 0. The van der Waals surface area contributed by atoms with Gasteiger partial charge in [-0.2, -0.15) is 0 Å². The average molecular weight is 182 g/mol. The van der Waals surface area contributed by atoms with Crippen LogP contribution in [0.15, 0.2) is 4.52 Å². The Balaban J connectivity index is 2.34. The maximum atomic E-state index is 11.2. The minimum absolute atomic E-state index is 0.362. The minimum atomic E-state index is -0.362. The van der Waals surface area contributed by atoms with Crippen molar-refractivity contribution in [1.29, 1.82) is 0 Å². The zero-order valence-corrected chi connectivity index (χ0v) is 7.53. The maximum absolute atomic E-state index is 11.2. The molecule has 0 radical (unpaired) electrons. The first-order valence-corrected chi connectivity index (χ1v) is 4.07. The first-order valence-electron chi connectivity index (χ1n) is 4.07. The molecule has 13 heavy (non-hydrogen) atoms. The highest BCUT2D eigenvalue weighted by Crippen LogP contribution is 2.24. The molecule has 0 N–H and O–H groups in total. The van der Waals surface area contributed by atoms with Crippen LogP contribution in [0.4, 0.5) is 10.7 Å². The third-order valence-corrected chi connectivity index (χ3v) is 2.14. The largest absolute Gasteiger partial charge is 0.447 e. The molecule has 0 spiro atoms. The Bertz CT molecular complexity index is 345. The molecule has 1 aromatic rings. The first-order chi connectivity index (χ1) is 6.20. The van der Waals surface area contributed by atoms with E-state index in [-0.39, 0.29) is 6.09 Å². The second-order valence-corrected chi connectivity index (χ2v) is 2.96. The van der Waals surface area contributed by atoms with Gasteiger partial charge < -0.3 is 9.26 Å². The molecule has 2 heterocycles. The summed E-state index contributed by atoms with van der Waals surface area (Å²) in [6, 6.07) is 0. The van der Waals surface area contributed by atoms with Gasteiger partial charge >= 0.3 is 6.09 Å². The first kappa shape index (κ1) is 8.10. The predicted molar refractivity (Wildman–Crippen MR) is 44.7 cm³/mol. The lowest BCUT2D eigenvalue weighted by molar-refractivity contribution is 0.180. The predicted octanol–water partition coefficient (Wildman–Crippen LogP) is 1.25. The number of rotatable bonds is 1. The lowest BCUT2D eigenvalue weighted by Gasteiger charge is -2.07. The number of ether oxygens (including phenoxy) is 1. The number of carbonyl (C=O) groups is 1. The molecule has 70 valence electrons. The normalized spacial score (nSPS) is 16.5. The Labute approximate surface area is 75.3 Å². The molecule has 0 unspecified atom stereocenters. The van der Waals surface area contributed by atoms with Crippen molar-refractivity contribution in [2.24, 2.45) is 0 Å². The van der Waals surface area contributed by atoms with E-state index in [1.54, 1.807) is 0 Å². The number of aromatic nitrogens is 1. The molecule has 1 aliphatic heterocycles. The van der Waals surface area contributed by atoms with E-state index in [2.05, 4.69) is 5.16 Å². The summed E-state index contributed by atoms with van der Waals surface area (Å²) in [5, 5.41) is 3.77. The monoisotopic (exact) mass is 182 g/mol. The Hall–Kier alpha value is -1.52. The summed E-state index contributed by atoms with van der Waals surface area (Å²) in [6.07, 6.45) is -0.362. The van der Waals surface area contributed by atoms with Crippen molar-refractivity contribution in [3.8, 4) is 0 Å². The fraction of sp³-hybridized carbons (Fsp3) is 0.500.